The Labute approximate surface area is 256 Å². The average Bonchev–Trinajstić information content (AvgIpc) is 3.95. The van der Waals surface area contributed by atoms with Gasteiger partial charge in [-0.3, -0.25) is 4.79 Å². The molecule has 14 heteroatoms. The van der Waals surface area contributed by atoms with Crippen LogP contribution in [-0.2, 0) is 17.5 Å². The fourth-order valence-electron chi connectivity index (χ4n) is 6.05. The van der Waals surface area contributed by atoms with Crippen LogP contribution in [0.25, 0.3) is 22.8 Å². The van der Waals surface area contributed by atoms with Crippen molar-refractivity contribution >= 4 is 17.4 Å². The van der Waals surface area contributed by atoms with E-state index in [1.807, 2.05) is 4.90 Å². The number of hydrogen-bond donors (Lipinski definition) is 0. The average molecular weight is 623 g/mol. The van der Waals surface area contributed by atoms with Gasteiger partial charge in [0.05, 0.1) is 24.6 Å². The van der Waals surface area contributed by atoms with Crippen molar-refractivity contribution in [3.63, 3.8) is 0 Å². The summed E-state index contributed by atoms with van der Waals surface area (Å²) in [6, 6.07) is 3.98. The monoisotopic (exact) mass is 622 g/mol. The lowest BCUT2D eigenvalue weighted by Gasteiger charge is -2.41. The Kier molecular flexibility index (Phi) is 6.60. The predicted octanol–water partition coefficient (Wildman–Crippen LogP) is 5.94. The number of methoxy groups -OCH3 is 1. The fraction of sp³-hybridized carbons (Fsp3) is 0.419. The first-order valence-corrected chi connectivity index (χ1v) is 14.7. The highest BCUT2D eigenvalue weighted by Crippen LogP contribution is 2.53. The van der Waals surface area contributed by atoms with E-state index in [4.69, 9.17) is 9.72 Å². The first-order chi connectivity index (χ1) is 21.4. The molecule has 0 saturated heterocycles. The van der Waals surface area contributed by atoms with E-state index in [0.29, 0.717) is 47.2 Å². The maximum atomic E-state index is 15.7. The summed E-state index contributed by atoms with van der Waals surface area (Å²) in [4.78, 5) is 39.1. The smallest absolute Gasteiger partial charge is 0.434 e. The van der Waals surface area contributed by atoms with E-state index in [2.05, 4.69) is 19.9 Å². The van der Waals surface area contributed by atoms with E-state index in [1.54, 1.807) is 38.1 Å². The molecule has 0 atom stereocenters. The zero-order valence-corrected chi connectivity index (χ0v) is 25.1. The van der Waals surface area contributed by atoms with Gasteiger partial charge in [-0.25, -0.2) is 29.3 Å². The van der Waals surface area contributed by atoms with Gasteiger partial charge in [0, 0.05) is 31.7 Å². The second-order valence-corrected chi connectivity index (χ2v) is 12.1. The second-order valence-electron chi connectivity index (χ2n) is 12.1. The number of halogens is 4. The molecule has 0 N–H and O–H groups in total. The summed E-state index contributed by atoms with van der Waals surface area (Å²) < 4.78 is 62.9. The van der Waals surface area contributed by atoms with Crippen LogP contribution in [0.15, 0.2) is 36.9 Å². The molecular formula is C31H30F4N8O2. The van der Waals surface area contributed by atoms with E-state index < -0.39 is 23.2 Å². The van der Waals surface area contributed by atoms with Crippen LogP contribution < -0.4 is 14.5 Å². The summed E-state index contributed by atoms with van der Waals surface area (Å²) in [5.74, 6) is 0.533. The second kappa shape index (κ2) is 10.2. The van der Waals surface area contributed by atoms with Crippen LogP contribution in [0, 0.1) is 5.82 Å². The highest BCUT2D eigenvalue weighted by Gasteiger charge is 2.59. The molecule has 1 spiro atoms. The molecule has 234 valence electrons. The summed E-state index contributed by atoms with van der Waals surface area (Å²) in [6.45, 7) is 3.54. The Bertz CT molecular complexity index is 1830. The van der Waals surface area contributed by atoms with Crippen LogP contribution in [-0.4, -0.2) is 55.1 Å². The highest BCUT2D eigenvalue weighted by molar-refractivity contribution is 6.09. The number of nitrogens with zero attached hydrogens (tertiary/aromatic N) is 8. The minimum Gasteiger partial charge on any atom is -0.480 e. The Balaban J connectivity index is 1.29. The first kappa shape index (κ1) is 29.1. The lowest BCUT2D eigenvalue weighted by atomic mass is 10.0. The Hall–Kier alpha value is -4.62. The number of likely N-dealkylation sites (N-methyl/N-ethyl adjacent to an activating group) is 1. The molecule has 0 unspecified atom stereocenters. The van der Waals surface area contributed by atoms with Crippen LogP contribution in [0.1, 0.15) is 68.4 Å². The number of amides is 1. The molecule has 2 saturated carbocycles. The number of benzene rings is 1. The maximum absolute atomic E-state index is 15.7. The zero-order valence-electron chi connectivity index (χ0n) is 25.1. The number of rotatable bonds is 7. The van der Waals surface area contributed by atoms with Gasteiger partial charge in [0.2, 0.25) is 5.88 Å². The molecule has 4 aromatic rings. The molecule has 0 bridgehead atoms. The summed E-state index contributed by atoms with van der Waals surface area (Å²) >= 11 is 0. The number of ether oxygens (including phenoxy) is 1. The van der Waals surface area contributed by atoms with Crippen molar-refractivity contribution < 1.29 is 27.1 Å². The van der Waals surface area contributed by atoms with E-state index >= 15 is 4.39 Å². The topological polar surface area (TPSA) is 102 Å². The largest absolute Gasteiger partial charge is 0.480 e. The molecule has 2 aliphatic carbocycles. The van der Waals surface area contributed by atoms with Crippen molar-refractivity contribution in [1.82, 2.24) is 29.5 Å². The molecular weight excluding hydrogens is 592 g/mol. The third kappa shape index (κ3) is 4.77. The highest BCUT2D eigenvalue weighted by atomic mass is 19.4. The van der Waals surface area contributed by atoms with Gasteiger partial charge in [-0.2, -0.15) is 13.2 Å². The quantitative estimate of drug-likeness (QED) is 0.234. The molecule has 10 nitrogen and oxygen atoms in total. The van der Waals surface area contributed by atoms with Crippen molar-refractivity contribution in [2.75, 3.05) is 24.0 Å². The number of carbonyl (C=O) groups is 1. The molecule has 3 aliphatic rings. The molecule has 1 aliphatic heterocycles. The normalized spacial score (nSPS) is 17.3. The van der Waals surface area contributed by atoms with Crippen LogP contribution in [0.4, 0.5) is 29.1 Å². The van der Waals surface area contributed by atoms with Gasteiger partial charge < -0.3 is 19.1 Å². The number of fused-ring (bicyclic) bond motifs is 1. The van der Waals surface area contributed by atoms with Gasteiger partial charge in [0.25, 0.3) is 5.91 Å². The number of imidazole rings is 1. The van der Waals surface area contributed by atoms with E-state index in [1.165, 1.54) is 30.1 Å². The van der Waals surface area contributed by atoms with Crippen LogP contribution in [0.2, 0.25) is 0 Å². The maximum Gasteiger partial charge on any atom is 0.434 e. The van der Waals surface area contributed by atoms with E-state index in [-0.39, 0.29) is 35.8 Å². The molecule has 3 aromatic heterocycles. The molecule has 0 radical (unpaired) electrons. The Morgan fingerprint density at radius 3 is 2.49 bits per heavy atom. The summed E-state index contributed by atoms with van der Waals surface area (Å²) in [5, 5.41) is 0. The summed E-state index contributed by atoms with van der Waals surface area (Å²) in [7, 11) is 3.21. The predicted molar refractivity (Wildman–Crippen MR) is 156 cm³/mol. The lowest BCUT2D eigenvalue weighted by Crippen LogP contribution is -2.54. The third-order valence-electron chi connectivity index (χ3n) is 8.73. The summed E-state index contributed by atoms with van der Waals surface area (Å²) in [5.41, 5.74) is 0.440. The molecule has 2 fully saturated rings. The first-order valence-electron chi connectivity index (χ1n) is 14.7. The number of alkyl halides is 3. The van der Waals surface area contributed by atoms with Crippen molar-refractivity contribution in [2.45, 2.75) is 69.8 Å². The zero-order chi connectivity index (χ0) is 31.8. The molecule has 1 aromatic carbocycles. The Morgan fingerprint density at radius 1 is 1.11 bits per heavy atom. The van der Waals surface area contributed by atoms with Gasteiger partial charge in [-0.15, -0.1) is 0 Å². The number of aromatic nitrogens is 6. The van der Waals surface area contributed by atoms with Crippen molar-refractivity contribution in [3.05, 3.63) is 59.7 Å². The molecule has 4 heterocycles. The van der Waals surface area contributed by atoms with Crippen molar-refractivity contribution in [3.8, 4) is 28.7 Å². The number of anilines is 2. The van der Waals surface area contributed by atoms with Crippen LogP contribution in [0.5, 0.6) is 5.88 Å². The lowest BCUT2D eigenvalue weighted by molar-refractivity contribution is -0.141. The molecule has 1 amide bonds. The van der Waals surface area contributed by atoms with Crippen LogP contribution >= 0.6 is 0 Å². The number of carbonyl (C=O) groups excluding carboxylic acids is 1. The van der Waals surface area contributed by atoms with Gasteiger partial charge in [0.15, 0.2) is 17.3 Å². The number of hydrogen-bond acceptors (Lipinski definition) is 8. The van der Waals surface area contributed by atoms with Crippen molar-refractivity contribution in [1.29, 1.82) is 0 Å². The molecule has 45 heavy (non-hydrogen) atoms. The standard InChI is InChI=1S/C31H30F4N8O2/c1-16(2)42-14-22(31(33,34)35)39-26(42)19-8-5-17(11-20(19)32)13-43-27-21(41(3)29(44)30(43)9-10-30)12-36-25(40-27)23-24(18-6-7-18)37-15-38-28(23)45-4/h5,8,11-12,14-16,18H,6-7,9-10,13H2,1-4H3. The van der Waals surface area contributed by atoms with E-state index in [9.17, 15) is 18.0 Å². The van der Waals surface area contributed by atoms with E-state index in [0.717, 1.165) is 24.7 Å². The van der Waals surface area contributed by atoms with Gasteiger partial charge in [-0.05, 0) is 57.2 Å². The minimum absolute atomic E-state index is 0.0488. The fourth-order valence-corrected chi connectivity index (χ4v) is 6.05. The SMILES string of the molecule is COc1ncnc(C2CC2)c1-c1ncc2c(n1)N(Cc1ccc(-c3nc(C(F)(F)F)cn3C(C)C)c(F)c1)C1(CC1)C(=O)N2C. The van der Waals surface area contributed by atoms with Gasteiger partial charge in [0.1, 0.15) is 34.8 Å². The van der Waals surface area contributed by atoms with Gasteiger partial charge in [-0.1, -0.05) is 6.07 Å². The minimum atomic E-state index is -4.67. The third-order valence-corrected chi connectivity index (χ3v) is 8.73. The van der Waals surface area contributed by atoms with Gasteiger partial charge >= 0.3 is 6.18 Å². The Morgan fingerprint density at radius 2 is 1.87 bits per heavy atom. The van der Waals surface area contributed by atoms with Crippen molar-refractivity contribution in [2.24, 2.45) is 0 Å². The molecule has 7 rings (SSSR count). The van der Waals surface area contributed by atoms with Crippen LogP contribution in [0.3, 0.4) is 0 Å². The summed E-state index contributed by atoms with van der Waals surface area (Å²) in [6.07, 6.45) is 2.44.